The van der Waals surface area contributed by atoms with Crippen LogP contribution in [0.1, 0.15) is 40.3 Å². The molecule has 9 aromatic rings. The van der Waals surface area contributed by atoms with Crippen molar-refractivity contribution < 1.29 is 0 Å². The van der Waals surface area contributed by atoms with Gasteiger partial charge in [-0.3, -0.25) is 0 Å². The molecule has 264 valence electrons. The lowest BCUT2D eigenvalue weighted by Crippen LogP contribution is -2.49. The van der Waals surface area contributed by atoms with E-state index in [4.69, 9.17) is 15.0 Å². The third-order valence-electron chi connectivity index (χ3n) is 12.5. The molecule has 11 rings (SSSR count). The minimum absolute atomic E-state index is 0.472. The smallest absolute Gasteiger partial charge is 0.164 e. The molecule has 0 radical (unpaired) electrons. The first-order valence-corrected chi connectivity index (χ1v) is 19.4. The second kappa shape index (κ2) is 12.3. The quantitative estimate of drug-likeness (QED) is 0.178. The minimum atomic E-state index is -0.569. The van der Waals surface area contributed by atoms with Crippen LogP contribution in [0, 0.1) is 6.92 Å². The van der Waals surface area contributed by atoms with E-state index < -0.39 is 10.8 Å². The summed E-state index contributed by atoms with van der Waals surface area (Å²) in [6.07, 6.45) is 0. The van der Waals surface area contributed by atoms with Gasteiger partial charge in [-0.1, -0.05) is 188 Å². The maximum absolute atomic E-state index is 5.23. The summed E-state index contributed by atoms with van der Waals surface area (Å²) < 4.78 is 0. The van der Waals surface area contributed by atoms with Crippen LogP contribution < -0.4 is 0 Å². The van der Waals surface area contributed by atoms with Crippen LogP contribution >= 0.6 is 0 Å². The summed E-state index contributed by atoms with van der Waals surface area (Å²) in [7, 11) is 0. The lowest BCUT2D eigenvalue weighted by atomic mass is 9.49. The fourth-order valence-electron chi connectivity index (χ4n) is 10.2. The van der Waals surface area contributed by atoms with Gasteiger partial charge in [-0.15, -0.1) is 0 Å². The summed E-state index contributed by atoms with van der Waals surface area (Å²) in [6.45, 7) is 4.72. The average Bonchev–Trinajstić information content (AvgIpc) is 3.51. The Kier molecular flexibility index (Phi) is 7.11. The second-order valence-electron chi connectivity index (χ2n) is 15.3. The molecule has 2 atom stereocenters. The van der Waals surface area contributed by atoms with Crippen LogP contribution in [0.25, 0.3) is 67.2 Å². The van der Waals surface area contributed by atoms with Crippen LogP contribution in [0.2, 0.25) is 0 Å². The zero-order valence-corrected chi connectivity index (χ0v) is 31.2. The number of rotatable bonds is 5. The molecule has 0 spiro atoms. The summed E-state index contributed by atoms with van der Waals surface area (Å²) in [6, 6.07) is 68.1. The Morgan fingerprint density at radius 1 is 0.339 bits per heavy atom. The van der Waals surface area contributed by atoms with Gasteiger partial charge in [0.2, 0.25) is 0 Å². The predicted octanol–water partition coefficient (Wildman–Crippen LogP) is 12.6. The Morgan fingerprint density at radius 3 is 1.41 bits per heavy atom. The van der Waals surface area contributed by atoms with Crippen LogP contribution in [-0.2, 0) is 10.8 Å². The van der Waals surface area contributed by atoms with Crippen LogP contribution in [-0.4, -0.2) is 15.0 Å². The van der Waals surface area contributed by atoms with Gasteiger partial charge >= 0.3 is 0 Å². The molecule has 2 aliphatic rings. The third kappa shape index (κ3) is 4.37. The van der Waals surface area contributed by atoms with E-state index in [9.17, 15) is 0 Å². The zero-order chi connectivity index (χ0) is 37.4. The lowest BCUT2D eigenvalue weighted by Gasteiger charge is -2.52. The maximum Gasteiger partial charge on any atom is 0.164 e. The van der Waals surface area contributed by atoms with E-state index in [1.165, 1.54) is 61.0 Å². The minimum Gasteiger partial charge on any atom is -0.208 e. The molecule has 0 saturated heterocycles. The van der Waals surface area contributed by atoms with E-state index in [0.717, 1.165) is 22.1 Å². The van der Waals surface area contributed by atoms with Gasteiger partial charge in [0.1, 0.15) is 0 Å². The fourth-order valence-corrected chi connectivity index (χ4v) is 10.2. The lowest BCUT2D eigenvalue weighted by molar-refractivity contribution is 0.406. The van der Waals surface area contributed by atoms with Gasteiger partial charge in [0.25, 0.3) is 0 Å². The van der Waals surface area contributed by atoms with E-state index in [1.54, 1.807) is 0 Å². The van der Waals surface area contributed by atoms with Crippen molar-refractivity contribution in [3.63, 3.8) is 0 Å². The molecule has 1 aromatic heterocycles. The third-order valence-corrected chi connectivity index (χ3v) is 12.5. The monoisotopic (exact) mass is 715 g/mol. The number of hydrogen-bond acceptors (Lipinski definition) is 3. The molecule has 8 aromatic carbocycles. The summed E-state index contributed by atoms with van der Waals surface area (Å²) in [5.74, 6) is 1.98. The van der Waals surface area contributed by atoms with Gasteiger partial charge in [-0.2, -0.15) is 0 Å². The predicted molar refractivity (Wildman–Crippen MR) is 228 cm³/mol. The average molecular weight is 716 g/mol. The molecule has 1 heterocycles. The van der Waals surface area contributed by atoms with E-state index in [1.807, 2.05) is 36.4 Å². The van der Waals surface area contributed by atoms with Crippen LogP contribution in [0.4, 0.5) is 0 Å². The van der Waals surface area contributed by atoms with Crippen molar-refractivity contribution >= 4 is 10.8 Å². The molecular weight excluding hydrogens is 679 g/mol. The number of aryl methyl sites for hydroxylation is 1. The summed E-state index contributed by atoms with van der Waals surface area (Å²) in [5, 5.41) is 2.41. The fraction of sp³-hybridized carbons (Fsp3) is 0.0755. The maximum atomic E-state index is 5.23. The number of nitrogens with zero attached hydrogens (tertiary/aromatic N) is 3. The summed E-state index contributed by atoms with van der Waals surface area (Å²) in [5.41, 5.74) is 14.8. The molecule has 2 aliphatic carbocycles. The zero-order valence-electron chi connectivity index (χ0n) is 31.2. The summed E-state index contributed by atoms with van der Waals surface area (Å²) in [4.78, 5) is 15.5. The number of fused-ring (bicyclic) bond motifs is 8. The number of benzene rings is 8. The van der Waals surface area contributed by atoms with Crippen molar-refractivity contribution in [2.75, 3.05) is 0 Å². The van der Waals surface area contributed by atoms with Gasteiger partial charge in [-0.05, 0) is 80.3 Å². The molecule has 0 fully saturated rings. The van der Waals surface area contributed by atoms with Gasteiger partial charge in [0.05, 0.1) is 5.41 Å². The van der Waals surface area contributed by atoms with Gasteiger partial charge in [-0.25, -0.2) is 15.0 Å². The Bertz CT molecular complexity index is 2950. The van der Waals surface area contributed by atoms with Gasteiger partial charge in [0, 0.05) is 22.1 Å². The van der Waals surface area contributed by atoms with Gasteiger partial charge < -0.3 is 0 Å². The number of aromatic nitrogens is 3. The molecule has 0 amide bonds. The SMILES string of the molecule is Cc1ccccc1-c1ccccc1C12c3ccccc3-c3ccccc3C1(C)c1cccc3c(-c4nc(-c5ccccc5)nc(-c5ccccc5)n4)ccc2c13. The molecule has 3 nitrogen and oxygen atoms in total. The molecule has 2 unspecified atom stereocenters. The van der Waals surface area contributed by atoms with E-state index >= 15 is 0 Å². The van der Waals surface area contributed by atoms with Gasteiger partial charge in [0.15, 0.2) is 17.5 Å². The first-order chi connectivity index (χ1) is 27.6. The standard InChI is InChI=1S/C53H37N3/c1-34-18-9-10-23-37(34)38-24-12-15-29-44(38)53-45-30-16-13-26-40(45)39-25-11-14-28-43(39)52(53,2)46-31-17-27-41-42(32-33-47(53)48(41)46)51-55-49(35-19-5-3-6-20-35)54-50(56-51)36-21-7-4-8-22-36/h3-33H,1-2H3. The molecule has 0 saturated carbocycles. The number of hydrogen-bond donors (Lipinski definition) is 0. The highest BCUT2D eigenvalue weighted by atomic mass is 15.0. The highest BCUT2D eigenvalue weighted by Crippen LogP contribution is 2.69. The molecule has 0 aliphatic heterocycles. The normalized spacial score (nSPS) is 17.6. The highest BCUT2D eigenvalue weighted by molar-refractivity contribution is 6.06. The van der Waals surface area contributed by atoms with Crippen LogP contribution in [0.15, 0.2) is 188 Å². The Labute approximate surface area is 327 Å². The first-order valence-electron chi connectivity index (χ1n) is 19.4. The van der Waals surface area contributed by atoms with Crippen LogP contribution in [0.5, 0.6) is 0 Å². The summed E-state index contributed by atoms with van der Waals surface area (Å²) >= 11 is 0. The van der Waals surface area contributed by atoms with Crippen molar-refractivity contribution in [3.05, 3.63) is 221 Å². The molecule has 0 N–H and O–H groups in total. The van der Waals surface area contributed by atoms with E-state index in [-0.39, 0.29) is 0 Å². The molecule has 56 heavy (non-hydrogen) atoms. The first kappa shape index (κ1) is 32.5. The molecular formula is C53H37N3. The molecule has 3 heteroatoms. The van der Waals surface area contributed by atoms with E-state index in [2.05, 4.69) is 166 Å². The van der Waals surface area contributed by atoms with Crippen LogP contribution in [0.3, 0.4) is 0 Å². The van der Waals surface area contributed by atoms with E-state index in [0.29, 0.717) is 17.5 Å². The Morgan fingerprint density at radius 2 is 0.804 bits per heavy atom. The van der Waals surface area contributed by atoms with Crippen molar-refractivity contribution in [2.45, 2.75) is 24.7 Å². The highest BCUT2D eigenvalue weighted by Gasteiger charge is 2.62. The Balaban J connectivity index is 1.27. The second-order valence-corrected chi connectivity index (χ2v) is 15.3. The topological polar surface area (TPSA) is 38.7 Å². The van der Waals surface area contributed by atoms with Crippen molar-refractivity contribution in [2.24, 2.45) is 0 Å². The van der Waals surface area contributed by atoms with Crippen molar-refractivity contribution in [3.8, 4) is 56.4 Å². The van der Waals surface area contributed by atoms with Crippen molar-refractivity contribution in [1.29, 1.82) is 0 Å². The Hall–Kier alpha value is -6.97. The molecule has 0 bridgehead atoms. The van der Waals surface area contributed by atoms with Crippen molar-refractivity contribution in [1.82, 2.24) is 15.0 Å². The largest absolute Gasteiger partial charge is 0.208 e.